The summed E-state index contributed by atoms with van der Waals surface area (Å²) in [6.45, 7) is 0. The lowest BCUT2D eigenvalue weighted by molar-refractivity contribution is 0.617. The Morgan fingerprint density at radius 3 is 2.62 bits per heavy atom. The second-order valence-corrected chi connectivity index (χ2v) is 7.81. The molecule has 6 heteroatoms. The minimum Gasteiger partial charge on any atom is -0.309 e. The second kappa shape index (κ2) is 7.43. The molecule has 0 saturated heterocycles. The Morgan fingerprint density at radius 2 is 1.81 bits per heavy atom. The monoisotopic (exact) mass is 382 g/mol. The van der Waals surface area contributed by atoms with Crippen molar-refractivity contribution in [1.82, 2.24) is 9.97 Å². The first kappa shape index (κ1) is 17.0. The smallest absolute Gasteiger partial charge is 0.259 e. The SMILES string of the molecule is O=c1[nH]c(CSCc2ccccc2F)nc2sc(-c3ccccc3)cc12. The molecule has 0 fully saturated rings. The van der Waals surface area contributed by atoms with E-state index in [-0.39, 0.29) is 11.4 Å². The minimum atomic E-state index is -0.206. The maximum Gasteiger partial charge on any atom is 0.259 e. The summed E-state index contributed by atoms with van der Waals surface area (Å²) in [7, 11) is 0. The molecule has 0 unspecified atom stereocenters. The number of aromatic amines is 1. The van der Waals surface area contributed by atoms with Gasteiger partial charge < -0.3 is 4.98 Å². The summed E-state index contributed by atoms with van der Waals surface area (Å²) in [6.07, 6.45) is 0. The van der Waals surface area contributed by atoms with Crippen LogP contribution in [0.1, 0.15) is 11.4 Å². The highest BCUT2D eigenvalue weighted by Gasteiger charge is 2.10. The fourth-order valence-electron chi connectivity index (χ4n) is 2.66. The number of fused-ring (bicyclic) bond motifs is 1. The van der Waals surface area contributed by atoms with Crippen LogP contribution in [0, 0.1) is 5.82 Å². The van der Waals surface area contributed by atoms with Crippen molar-refractivity contribution in [3.8, 4) is 10.4 Å². The number of H-pyrrole nitrogens is 1. The average molecular weight is 382 g/mol. The first-order valence-electron chi connectivity index (χ1n) is 8.10. The zero-order chi connectivity index (χ0) is 17.9. The van der Waals surface area contributed by atoms with Crippen molar-refractivity contribution in [3.05, 3.63) is 88.2 Å². The molecule has 0 aliphatic carbocycles. The molecule has 0 spiro atoms. The summed E-state index contributed by atoms with van der Waals surface area (Å²) in [5.74, 6) is 1.47. The predicted molar refractivity (Wildman–Crippen MR) is 107 cm³/mol. The molecule has 4 aromatic rings. The Hall–Kier alpha value is -2.44. The van der Waals surface area contributed by atoms with Gasteiger partial charge in [-0.05, 0) is 23.3 Å². The number of halogens is 1. The number of nitrogens with zero attached hydrogens (tertiary/aromatic N) is 1. The van der Waals surface area contributed by atoms with Crippen LogP contribution in [0.3, 0.4) is 0 Å². The molecule has 2 aromatic heterocycles. The van der Waals surface area contributed by atoms with Gasteiger partial charge in [0.25, 0.3) is 5.56 Å². The lowest BCUT2D eigenvalue weighted by Crippen LogP contribution is -2.09. The number of hydrogen-bond donors (Lipinski definition) is 1. The Morgan fingerprint density at radius 1 is 1.04 bits per heavy atom. The van der Waals surface area contributed by atoms with Crippen LogP contribution in [0.25, 0.3) is 20.7 Å². The first-order valence-corrected chi connectivity index (χ1v) is 10.1. The van der Waals surface area contributed by atoms with Crippen molar-refractivity contribution < 1.29 is 4.39 Å². The van der Waals surface area contributed by atoms with Gasteiger partial charge in [0.1, 0.15) is 16.5 Å². The second-order valence-electron chi connectivity index (χ2n) is 5.79. The minimum absolute atomic E-state index is 0.130. The number of thiophene rings is 1. The molecule has 3 nitrogen and oxygen atoms in total. The van der Waals surface area contributed by atoms with E-state index in [9.17, 15) is 9.18 Å². The molecule has 0 amide bonds. The summed E-state index contributed by atoms with van der Waals surface area (Å²) in [5.41, 5.74) is 1.60. The highest BCUT2D eigenvalue weighted by molar-refractivity contribution is 7.97. The molecule has 0 saturated carbocycles. The summed E-state index contributed by atoms with van der Waals surface area (Å²) in [5, 5.41) is 0.608. The van der Waals surface area contributed by atoms with Crippen molar-refractivity contribution in [3.63, 3.8) is 0 Å². The van der Waals surface area contributed by atoms with E-state index in [1.807, 2.05) is 42.5 Å². The molecule has 1 N–H and O–H groups in total. The number of rotatable bonds is 5. The van der Waals surface area contributed by atoms with Gasteiger partial charge in [-0.1, -0.05) is 48.5 Å². The van der Waals surface area contributed by atoms with E-state index in [4.69, 9.17) is 0 Å². The molecule has 2 aromatic carbocycles. The summed E-state index contributed by atoms with van der Waals surface area (Å²) in [6, 6.07) is 18.6. The standard InChI is InChI=1S/C20H15FN2OS2/c21-16-9-5-4-8-14(16)11-25-12-18-22-19(24)15-10-17(26-20(15)23-18)13-6-2-1-3-7-13/h1-10H,11-12H2,(H,22,23,24). The van der Waals surface area contributed by atoms with Crippen molar-refractivity contribution >= 4 is 33.3 Å². The molecule has 0 aliphatic rings. The highest BCUT2D eigenvalue weighted by atomic mass is 32.2. The van der Waals surface area contributed by atoms with Crippen molar-refractivity contribution in [2.45, 2.75) is 11.5 Å². The topological polar surface area (TPSA) is 45.8 Å². The Bertz CT molecular complexity index is 1110. The van der Waals surface area contributed by atoms with Crippen LogP contribution in [0.2, 0.25) is 0 Å². The molecule has 2 heterocycles. The van der Waals surface area contributed by atoms with Gasteiger partial charge in [-0.3, -0.25) is 4.79 Å². The van der Waals surface area contributed by atoms with Crippen LogP contribution in [0.15, 0.2) is 65.5 Å². The van der Waals surface area contributed by atoms with E-state index in [2.05, 4.69) is 9.97 Å². The van der Waals surface area contributed by atoms with Gasteiger partial charge in [0.05, 0.1) is 11.1 Å². The average Bonchev–Trinajstić information content (AvgIpc) is 3.09. The van der Waals surface area contributed by atoms with Crippen LogP contribution in [-0.4, -0.2) is 9.97 Å². The zero-order valence-electron chi connectivity index (χ0n) is 13.7. The Balaban J connectivity index is 1.55. The Labute approximate surface area is 157 Å². The normalized spacial score (nSPS) is 11.1. The van der Waals surface area contributed by atoms with E-state index in [0.29, 0.717) is 28.3 Å². The quantitative estimate of drug-likeness (QED) is 0.514. The van der Waals surface area contributed by atoms with E-state index in [1.165, 1.54) is 29.2 Å². The van der Waals surface area contributed by atoms with Crippen molar-refractivity contribution in [1.29, 1.82) is 0 Å². The van der Waals surface area contributed by atoms with Crippen LogP contribution in [0.5, 0.6) is 0 Å². The van der Waals surface area contributed by atoms with E-state index in [0.717, 1.165) is 15.3 Å². The van der Waals surface area contributed by atoms with Crippen LogP contribution < -0.4 is 5.56 Å². The van der Waals surface area contributed by atoms with Gasteiger partial charge in [0.2, 0.25) is 0 Å². The van der Waals surface area contributed by atoms with Crippen molar-refractivity contribution in [2.24, 2.45) is 0 Å². The lowest BCUT2D eigenvalue weighted by atomic mass is 10.2. The summed E-state index contributed by atoms with van der Waals surface area (Å²) >= 11 is 3.04. The largest absolute Gasteiger partial charge is 0.309 e. The molecule has 4 rings (SSSR count). The maximum atomic E-state index is 13.7. The molecule has 0 aliphatic heterocycles. The van der Waals surface area contributed by atoms with Crippen LogP contribution in [-0.2, 0) is 11.5 Å². The molecule has 26 heavy (non-hydrogen) atoms. The predicted octanol–water partition coefficient (Wildman–Crippen LogP) is 5.22. The first-order chi connectivity index (χ1) is 12.7. The zero-order valence-corrected chi connectivity index (χ0v) is 15.4. The third-order valence-corrected chi connectivity index (χ3v) is 6.03. The number of aromatic nitrogens is 2. The fourth-order valence-corrected chi connectivity index (χ4v) is 4.60. The summed E-state index contributed by atoms with van der Waals surface area (Å²) in [4.78, 5) is 21.6. The number of benzene rings is 2. The van der Waals surface area contributed by atoms with Gasteiger partial charge in [0, 0.05) is 10.6 Å². The Kier molecular flexibility index (Phi) is 4.86. The van der Waals surface area contributed by atoms with E-state index >= 15 is 0 Å². The fraction of sp³-hybridized carbons (Fsp3) is 0.100. The highest BCUT2D eigenvalue weighted by Crippen LogP contribution is 2.31. The van der Waals surface area contributed by atoms with Gasteiger partial charge in [-0.25, -0.2) is 9.37 Å². The van der Waals surface area contributed by atoms with E-state index in [1.54, 1.807) is 12.1 Å². The molecule has 0 radical (unpaired) electrons. The summed E-state index contributed by atoms with van der Waals surface area (Å²) < 4.78 is 13.7. The maximum absolute atomic E-state index is 13.7. The van der Waals surface area contributed by atoms with Gasteiger partial charge in [0.15, 0.2) is 0 Å². The lowest BCUT2D eigenvalue weighted by Gasteiger charge is -2.03. The molecular weight excluding hydrogens is 367 g/mol. The molecule has 0 atom stereocenters. The van der Waals surface area contributed by atoms with E-state index < -0.39 is 0 Å². The number of nitrogens with one attached hydrogen (secondary N) is 1. The molecule has 0 bridgehead atoms. The molecule has 130 valence electrons. The molecular formula is C20H15FN2OS2. The third kappa shape index (κ3) is 3.57. The van der Waals surface area contributed by atoms with Gasteiger partial charge in [-0.2, -0.15) is 0 Å². The van der Waals surface area contributed by atoms with Gasteiger partial charge in [-0.15, -0.1) is 23.1 Å². The number of thioether (sulfide) groups is 1. The van der Waals surface area contributed by atoms with Crippen molar-refractivity contribution in [2.75, 3.05) is 0 Å². The van der Waals surface area contributed by atoms with Crippen LogP contribution >= 0.6 is 23.1 Å². The third-order valence-electron chi connectivity index (χ3n) is 3.96. The van der Waals surface area contributed by atoms with Gasteiger partial charge >= 0.3 is 0 Å². The number of hydrogen-bond acceptors (Lipinski definition) is 4. The van der Waals surface area contributed by atoms with Crippen LogP contribution in [0.4, 0.5) is 4.39 Å².